The predicted octanol–water partition coefficient (Wildman–Crippen LogP) is 1.50. The predicted molar refractivity (Wildman–Crippen MR) is 86.7 cm³/mol. The summed E-state index contributed by atoms with van der Waals surface area (Å²) >= 11 is 0. The number of amides is 1. The molecule has 2 fully saturated rings. The van der Waals surface area contributed by atoms with Gasteiger partial charge in [0.05, 0.1) is 6.10 Å². The number of aliphatic hydroxyl groups is 1. The lowest BCUT2D eigenvalue weighted by molar-refractivity contribution is -0.161. The first kappa shape index (κ1) is 17.7. The van der Waals surface area contributed by atoms with Gasteiger partial charge in [-0.25, -0.2) is 0 Å². The summed E-state index contributed by atoms with van der Waals surface area (Å²) in [5, 5.41) is 10.9. The third-order valence-electron chi connectivity index (χ3n) is 4.72. The van der Waals surface area contributed by atoms with Crippen molar-refractivity contribution in [3.63, 3.8) is 0 Å². The van der Waals surface area contributed by atoms with Crippen molar-refractivity contribution in [3.8, 4) is 0 Å². The van der Waals surface area contributed by atoms with Gasteiger partial charge in [-0.2, -0.15) is 0 Å². The Balaban J connectivity index is 1.95. The van der Waals surface area contributed by atoms with Crippen LogP contribution in [0.4, 0.5) is 0 Å². The molecule has 0 radical (unpaired) electrons. The number of piperidine rings is 2. The normalized spacial score (nSPS) is 29.1. The fourth-order valence-corrected chi connectivity index (χ4v) is 3.61. The van der Waals surface area contributed by atoms with Gasteiger partial charge in [0.1, 0.15) is 0 Å². The van der Waals surface area contributed by atoms with Crippen LogP contribution in [0.15, 0.2) is 0 Å². The van der Waals surface area contributed by atoms with Crippen molar-refractivity contribution in [1.82, 2.24) is 9.80 Å². The number of carbonyl (C=O) groups excluding carboxylic acids is 1. The molecular weight excluding hydrogens is 280 g/mol. The van der Waals surface area contributed by atoms with Crippen LogP contribution in [0.2, 0.25) is 0 Å². The monoisotopic (exact) mass is 312 g/mol. The first-order chi connectivity index (χ1) is 10.2. The molecule has 1 amide bonds. The highest BCUT2D eigenvalue weighted by Crippen LogP contribution is 2.28. The van der Waals surface area contributed by atoms with E-state index in [0.717, 1.165) is 38.9 Å². The van der Waals surface area contributed by atoms with Crippen molar-refractivity contribution >= 4 is 5.91 Å². The average molecular weight is 312 g/mol. The molecule has 22 heavy (non-hydrogen) atoms. The summed E-state index contributed by atoms with van der Waals surface area (Å²) in [7, 11) is 1.75. The number of carbonyl (C=O) groups is 1. The van der Waals surface area contributed by atoms with E-state index in [1.165, 1.54) is 0 Å². The fraction of sp³-hybridized carbons (Fsp3) is 0.941. The van der Waals surface area contributed by atoms with Crippen molar-refractivity contribution < 1.29 is 14.6 Å². The van der Waals surface area contributed by atoms with E-state index in [1.54, 1.807) is 7.11 Å². The van der Waals surface area contributed by atoms with Crippen LogP contribution < -0.4 is 0 Å². The fourth-order valence-electron chi connectivity index (χ4n) is 3.61. The molecule has 2 aliphatic rings. The summed E-state index contributed by atoms with van der Waals surface area (Å²) in [6.45, 7) is 10.1. The quantitative estimate of drug-likeness (QED) is 0.855. The van der Waals surface area contributed by atoms with Gasteiger partial charge in [0.15, 0.2) is 5.60 Å². The van der Waals surface area contributed by atoms with E-state index >= 15 is 0 Å². The molecular formula is C17H32N2O3. The minimum absolute atomic E-state index is 0.0602. The zero-order chi connectivity index (χ0) is 16.4. The molecule has 0 aromatic carbocycles. The van der Waals surface area contributed by atoms with Gasteiger partial charge in [-0.05, 0) is 31.1 Å². The Hall–Kier alpha value is -0.650. The third kappa shape index (κ3) is 4.43. The van der Waals surface area contributed by atoms with Gasteiger partial charge in [-0.1, -0.05) is 20.8 Å². The Kier molecular flexibility index (Phi) is 5.51. The smallest absolute Gasteiger partial charge is 0.255 e. The van der Waals surface area contributed by atoms with Crippen LogP contribution in [0.25, 0.3) is 0 Å². The number of hydrogen-bond donors (Lipinski definition) is 1. The average Bonchev–Trinajstić information content (AvgIpc) is 2.44. The summed E-state index contributed by atoms with van der Waals surface area (Å²) in [6, 6.07) is 0. The lowest BCUT2D eigenvalue weighted by Crippen LogP contribution is -2.60. The summed E-state index contributed by atoms with van der Waals surface area (Å²) in [6.07, 6.45) is 3.74. The number of ether oxygens (including phenoxy) is 1. The van der Waals surface area contributed by atoms with Gasteiger partial charge in [0, 0.05) is 39.8 Å². The van der Waals surface area contributed by atoms with Gasteiger partial charge in [0.25, 0.3) is 5.91 Å². The number of hydrogen-bond acceptors (Lipinski definition) is 4. The standard InChI is InChI=1S/C17H32N2O3/c1-16(2,3)12-19-9-5-8-17(21,15(19)20)13-18-10-6-14(22-4)7-11-18/h14,21H,5-13H2,1-4H3/t17-/m1/s1. The minimum Gasteiger partial charge on any atom is -0.381 e. The first-order valence-electron chi connectivity index (χ1n) is 8.50. The number of rotatable bonds is 4. The summed E-state index contributed by atoms with van der Waals surface area (Å²) in [5.41, 5.74) is -1.14. The number of β-amino-alcohol motifs (C(OH)–C–C–N with tert-alkyl or cyclic N) is 1. The highest BCUT2D eigenvalue weighted by atomic mass is 16.5. The molecule has 128 valence electrons. The number of nitrogens with zero attached hydrogens (tertiary/aromatic N) is 2. The molecule has 0 unspecified atom stereocenters. The molecule has 0 aromatic rings. The van der Waals surface area contributed by atoms with Crippen molar-refractivity contribution in [2.45, 2.75) is 58.2 Å². The maximum absolute atomic E-state index is 12.7. The molecule has 0 aliphatic carbocycles. The maximum Gasteiger partial charge on any atom is 0.255 e. The van der Waals surface area contributed by atoms with Gasteiger partial charge in [-0.3, -0.25) is 9.69 Å². The van der Waals surface area contributed by atoms with Crippen molar-refractivity contribution in [1.29, 1.82) is 0 Å². The van der Waals surface area contributed by atoms with E-state index in [2.05, 4.69) is 25.7 Å². The highest BCUT2D eigenvalue weighted by Gasteiger charge is 2.44. The molecule has 2 aliphatic heterocycles. The maximum atomic E-state index is 12.7. The van der Waals surface area contributed by atoms with E-state index < -0.39 is 5.60 Å². The van der Waals surface area contributed by atoms with Crippen LogP contribution >= 0.6 is 0 Å². The van der Waals surface area contributed by atoms with Crippen LogP contribution in [0.3, 0.4) is 0 Å². The van der Waals surface area contributed by atoms with E-state index in [9.17, 15) is 9.90 Å². The van der Waals surface area contributed by atoms with Crippen molar-refractivity contribution in [3.05, 3.63) is 0 Å². The molecule has 1 atom stereocenters. The topological polar surface area (TPSA) is 53.0 Å². The lowest BCUT2D eigenvalue weighted by atomic mass is 9.88. The van der Waals surface area contributed by atoms with E-state index in [4.69, 9.17) is 4.74 Å². The van der Waals surface area contributed by atoms with Gasteiger partial charge >= 0.3 is 0 Å². The van der Waals surface area contributed by atoms with E-state index in [0.29, 0.717) is 25.6 Å². The molecule has 0 saturated carbocycles. The van der Waals surface area contributed by atoms with Crippen LogP contribution in [0.1, 0.15) is 46.5 Å². The SMILES string of the molecule is COC1CCN(C[C@]2(O)CCCN(CC(C)(C)C)C2=O)CC1. The Labute approximate surface area is 134 Å². The molecule has 2 rings (SSSR count). The molecule has 2 saturated heterocycles. The molecule has 1 N–H and O–H groups in total. The summed E-state index contributed by atoms with van der Waals surface area (Å²) in [4.78, 5) is 16.8. The third-order valence-corrected chi connectivity index (χ3v) is 4.72. The van der Waals surface area contributed by atoms with Crippen molar-refractivity contribution in [2.75, 3.05) is 39.8 Å². The molecule has 0 bridgehead atoms. The Morgan fingerprint density at radius 3 is 2.45 bits per heavy atom. The van der Waals surface area contributed by atoms with Crippen molar-refractivity contribution in [2.24, 2.45) is 5.41 Å². The second-order valence-corrected chi connectivity index (χ2v) is 8.13. The van der Waals surface area contributed by atoms with Crippen LogP contribution in [-0.2, 0) is 9.53 Å². The highest BCUT2D eigenvalue weighted by molar-refractivity contribution is 5.86. The van der Waals surface area contributed by atoms with Crippen LogP contribution in [0.5, 0.6) is 0 Å². The van der Waals surface area contributed by atoms with E-state index in [-0.39, 0.29) is 11.3 Å². The lowest BCUT2D eigenvalue weighted by Gasteiger charge is -2.43. The first-order valence-corrected chi connectivity index (χ1v) is 8.50. The zero-order valence-electron chi connectivity index (χ0n) is 14.6. The van der Waals surface area contributed by atoms with Gasteiger partial charge < -0.3 is 14.7 Å². The minimum atomic E-state index is -1.20. The van der Waals surface area contributed by atoms with E-state index in [1.807, 2.05) is 4.90 Å². The number of methoxy groups -OCH3 is 1. The Morgan fingerprint density at radius 1 is 1.27 bits per heavy atom. The molecule has 5 nitrogen and oxygen atoms in total. The molecule has 0 aromatic heterocycles. The zero-order valence-corrected chi connectivity index (χ0v) is 14.6. The van der Waals surface area contributed by atoms with Crippen LogP contribution in [-0.4, -0.2) is 72.4 Å². The second kappa shape index (κ2) is 6.85. The molecule has 0 spiro atoms. The van der Waals surface area contributed by atoms with Crippen LogP contribution in [0, 0.1) is 5.41 Å². The molecule has 2 heterocycles. The van der Waals surface area contributed by atoms with Gasteiger partial charge in [-0.15, -0.1) is 0 Å². The summed E-state index contributed by atoms with van der Waals surface area (Å²) < 4.78 is 5.38. The van der Waals surface area contributed by atoms with Gasteiger partial charge in [0.2, 0.25) is 0 Å². The summed E-state index contributed by atoms with van der Waals surface area (Å²) in [5.74, 6) is -0.0810. The molecule has 5 heteroatoms. The largest absolute Gasteiger partial charge is 0.381 e. The number of likely N-dealkylation sites (tertiary alicyclic amines) is 2. The second-order valence-electron chi connectivity index (χ2n) is 8.13. The Morgan fingerprint density at radius 2 is 1.91 bits per heavy atom. The Bertz CT molecular complexity index is 386.